The van der Waals surface area contributed by atoms with Crippen molar-refractivity contribution in [2.24, 2.45) is 0 Å². The van der Waals surface area contributed by atoms with E-state index in [1.54, 1.807) is 29.2 Å². The van der Waals surface area contributed by atoms with Crippen LogP contribution in [-0.4, -0.2) is 30.9 Å². The van der Waals surface area contributed by atoms with E-state index in [-0.39, 0.29) is 25.0 Å². The lowest BCUT2D eigenvalue weighted by atomic mass is 9.91. The third kappa shape index (κ3) is 3.06. The first-order valence-corrected chi connectivity index (χ1v) is 9.77. The average molecular weight is 417 g/mol. The van der Waals surface area contributed by atoms with Gasteiger partial charge in [-0.1, -0.05) is 36.4 Å². The largest absolute Gasteiger partial charge is 0.507 e. The molecule has 0 radical (unpaired) electrons. The van der Waals surface area contributed by atoms with Crippen molar-refractivity contribution in [3.05, 3.63) is 82.9 Å². The Morgan fingerprint density at radius 2 is 1.77 bits per heavy atom. The molecule has 5 rings (SSSR count). The molecule has 7 heteroatoms. The van der Waals surface area contributed by atoms with E-state index >= 15 is 0 Å². The smallest absolute Gasteiger partial charge is 0.338 e. The van der Waals surface area contributed by atoms with E-state index in [0.29, 0.717) is 28.2 Å². The number of rotatable bonds is 4. The molecule has 0 aromatic heterocycles. The van der Waals surface area contributed by atoms with Crippen molar-refractivity contribution in [2.45, 2.75) is 12.5 Å². The van der Waals surface area contributed by atoms with Crippen LogP contribution in [0.4, 0.5) is 5.69 Å². The molecule has 0 saturated heterocycles. The van der Waals surface area contributed by atoms with Gasteiger partial charge in [0.1, 0.15) is 5.75 Å². The van der Waals surface area contributed by atoms with Crippen LogP contribution >= 0.6 is 0 Å². The Hall–Kier alpha value is -4.00. The maximum Gasteiger partial charge on any atom is 0.338 e. The standard InChI is InChI=1S/C24H19NO6/c1-29-24(28)15-7-3-2-6-14(15)12-25-18-9-5-4-8-16(18)22(23(25)27)17-10-20-21(11-19(17)26)31-13-30-20/h2-11,22,26H,12-13H2,1H3. The van der Waals surface area contributed by atoms with E-state index in [2.05, 4.69) is 0 Å². The Morgan fingerprint density at radius 3 is 2.58 bits per heavy atom. The molecular formula is C24H19NO6. The average Bonchev–Trinajstić information content (AvgIpc) is 3.35. The van der Waals surface area contributed by atoms with Gasteiger partial charge >= 0.3 is 5.97 Å². The first kappa shape index (κ1) is 19.0. The number of fused-ring (bicyclic) bond motifs is 2. The lowest BCUT2D eigenvalue weighted by molar-refractivity contribution is -0.118. The van der Waals surface area contributed by atoms with Gasteiger partial charge in [-0.15, -0.1) is 0 Å². The number of amides is 1. The summed E-state index contributed by atoms with van der Waals surface area (Å²) in [7, 11) is 1.33. The number of aromatic hydroxyl groups is 1. The van der Waals surface area contributed by atoms with Gasteiger partial charge in [-0.3, -0.25) is 4.79 Å². The zero-order valence-electron chi connectivity index (χ0n) is 16.7. The molecule has 1 unspecified atom stereocenters. The number of hydrogen-bond donors (Lipinski definition) is 1. The Balaban J connectivity index is 1.57. The van der Waals surface area contributed by atoms with Crippen LogP contribution in [0.1, 0.15) is 33.0 Å². The molecule has 156 valence electrons. The number of para-hydroxylation sites is 1. The number of phenols is 1. The van der Waals surface area contributed by atoms with Gasteiger partial charge in [0.2, 0.25) is 12.7 Å². The van der Waals surface area contributed by atoms with E-state index in [0.717, 1.165) is 11.3 Å². The summed E-state index contributed by atoms with van der Waals surface area (Å²) >= 11 is 0. The van der Waals surface area contributed by atoms with Gasteiger partial charge in [0.05, 0.1) is 25.1 Å². The molecule has 2 aliphatic heterocycles. The van der Waals surface area contributed by atoms with Crippen LogP contribution in [0.2, 0.25) is 0 Å². The molecule has 1 atom stereocenters. The molecule has 2 aliphatic rings. The summed E-state index contributed by atoms with van der Waals surface area (Å²) in [6, 6.07) is 17.6. The van der Waals surface area contributed by atoms with E-state index in [1.807, 2.05) is 30.3 Å². The second-order valence-corrected chi connectivity index (χ2v) is 7.33. The predicted molar refractivity (Wildman–Crippen MR) is 111 cm³/mol. The maximum atomic E-state index is 13.6. The minimum Gasteiger partial charge on any atom is -0.507 e. The van der Waals surface area contributed by atoms with Crippen molar-refractivity contribution in [1.29, 1.82) is 0 Å². The number of phenolic OH excluding ortho intramolecular Hbond substituents is 1. The topological polar surface area (TPSA) is 85.3 Å². The molecule has 0 fully saturated rings. The third-order valence-corrected chi connectivity index (χ3v) is 5.64. The van der Waals surface area contributed by atoms with Gasteiger partial charge < -0.3 is 24.2 Å². The molecule has 0 bridgehead atoms. The molecule has 0 spiro atoms. The highest BCUT2D eigenvalue weighted by molar-refractivity contribution is 6.07. The fourth-order valence-electron chi connectivity index (χ4n) is 4.16. The van der Waals surface area contributed by atoms with E-state index < -0.39 is 11.9 Å². The fourth-order valence-corrected chi connectivity index (χ4v) is 4.16. The quantitative estimate of drug-likeness (QED) is 0.653. The monoisotopic (exact) mass is 417 g/mol. The first-order chi connectivity index (χ1) is 15.1. The highest BCUT2D eigenvalue weighted by atomic mass is 16.7. The van der Waals surface area contributed by atoms with Crippen molar-refractivity contribution < 1.29 is 28.9 Å². The van der Waals surface area contributed by atoms with Crippen molar-refractivity contribution >= 4 is 17.6 Å². The van der Waals surface area contributed by atoms with Crippen LogP contribution in [0.25, 0.3) is 0 Å². The molecule has 31 heavy (non-hydrogen) atoms. The lowest BCUT2D eigenvalue weighted by Gasteiger charge is -2.20. The van der Waals surface area contributed by atoms with Crippen molar-refractivity contribution in [3.63, 3.8) is 0 Å². The molecule has 1 N–H and O–H groups in total. The van der Waals surface area contributed by atoms with Gasteiger partial charge in [0.15, 0.2) is 11.5 Å². The number of benzene rings is 3. The second-order valence-electron chi connectivity index (χ2n) is 7.33. The number of esters is 1. The fraction of sp³-hybridized carbons (Fsp3) is 0.167. The molecule has 0 aliphatic carbocycles. The maximum absolute atomic E-state index is 13.6. The van der Waals surface area contributed by atoms with Gasteiger partial charge in [0, 0.05) is 17.3 Å². The van der Waals surface area contributed by atoms with Crippen LogP contribution in [-0.2, 0) is 16.1 Å². The first-order valence-electron chi connectivity index (χ1n) is 9.77. The van der Waals surface area contributed by atoms with E-state index in [4.69, 9.17) is 14.2 Å². The van der Waals surface area contributed by atoms with Crippen molar-refractivity contribution in [3.8, 4) is 17.2 Å². The minimum atomic E-state index is -0.698. The summed E-state index contributed by atoms with van der Waals surface area (Å²) in [6.45, 7) is 0.271. The Labute approximate surface area is 178 Å². The third-order valence-electron chi connectivity index (χ3n) is 5.64. The number of hydrogen-bond acceptors (Lipinski definition) is 6. The number of nitrogens with zero attached hydrogens (tertiary/aromatic N) is 1. The molecule has 1 amide bonds. The number of anilines is 1. The van der Waals surface area contributed by atoms with Crippen LogP contribution in [0, 0.1) is 0 Å². The highest BCUT2D eigenvalue weighted by Crippen LogP contribution is 2.48. The summed E-state index contributed by atoms with van der Waals surface area (Å²) in [5, 5.41) is 10.6. The molecule has 3 aromatic carbocycles. The molecule has 0 saturated carbocycles. The summed E-state index contributed by atoms with van der Waals surface area (Å²) < 4.78 is 15.6. The van der Waals surface area contributed by atoms with E-state index in [1.165, 1.54) is 13.2 Å². The normalized spacial score (nSPS) is 16.4. The van der Waals surface area contributed by atoms with Crippen molar-refractivity contribution in [2.75, 3.05) is 18.8 Å². The van der Waals surface area contributed by atoms with Gasteiger partial charge in [-0.05, 0) is 29.3 Å². The van der Waals surface area contributed by atoms with Crippen LogP contribution in [0.15, 0.2) is 60.7 Å². The minimum absolute atomic E-state index is 0.0331. The van der Waals surface area contributed by atoms with Crippen LogP contribution < -0.4 is 14.4 Å². The zero-order valence-corrected chi connectivity index (χ0v) is 16.7. The molecule has 3 aromatic rings. The van der Waals surface area contributed by atoms with Gasteiger partial charge in [0.25, 0.3) is 0 Å². The number of ether oxygens (including phenoxy) is 3. The summed E-state index contributed by atoms with van der Waals surface area (Å²) in [5.74, 6) is -0.447. The molecule has 7 nitrogen and oxygen atoms in total. The number of carbonyl (C=O) groups excluding carboxylic acids is 2. The summed E-state index contributed by atoms with van der Waals surface area (Å²) in [6.07, 6.45) is 0. The SMILES string of the molecule is COC(=O)c1ccccc1CN1C(=O)C(c2cc3c(cc2O)OCO3)c2ccccc21. The van der Waals surface area contributed by atoms with Gasteiger partial charge in [-0.25, -0.2) is 4.79 Å². The Kier molecular flexibility index (Phi) is 4.51. The Bertz CT molecular complexity index is 1200. The lowest BCUT2D eigenvalue weighted by Crippen LogP contribution is -2.29. The Morgan fingerprint density at radius 1 is 1.06 bits per heavy atom. The van der Waals surface area contributed by atoms with E-state index in [9.17, 15) is 14.7 Å². The predicted octanol–water partition coefficient (Wildman–Crippen LogP) is 3.59. The summed E-state index contributed by atoms with van der Waals surface area (Å²) in [5.41, 5.74) is 3.04. The second kappa shape index (κ2) is 7.36. The van der Waals surface area contributed by atoms with Crippen LogP contribution in [0.3, 0.4) is 0 Å². The van der Waals surface area contributed by atoms with Crippen molar-refractivity contribution in [1.82, 2.24) is 0 Å². The summed E-state index contributed by atoms with van der Waals surface area (Å²) in [4.78, 5) is 27.4. The molecule has 2 heterocycles. The number of carbonyl (C=O) groups is 2. The van der Waals surface area contributed by atoms with Gasteiger partial charge in [-0.2, -0.15) is 0 Å². The highest BCUT2D eigenvalue weighted by Gasteiger charge is 2.40. The molecular weight excluding hydrogens is 398 g/mol. The zero-order chi connectivity index (χ0) is 21.5. The number of methoxy groups -OCH3 is 1. The van der Waals surface area contributed by atoms with Crippen LogP contribution in [0.5, 0.6) is 17.2 Å².